The molecule has 1 heterocycles. The number of halogens is 1. The van der Waals surface area contributed by atoms with E-state index in [2.05, 4.69) is 10.3 Å². The largest absolute Gasteiger partial charge is 0.375 e. The molecule has 1 amide bonds. The number of nitrogens with one attached hydrogen (secondary N) is 1. The number of benzene rings is 1. The first-order valence-electron chi connectivity index (χ1n) is 5.83. The van der Waals surface area contributed by atoms with Crippen LogP contribution in [0.3, 0.4) is 0 Å². The van der Waals surface area contributed by atoms with E-state index in [1.54, 1.807) is 6.92 Å². The Morgan fingerprint density at radius 1 is 1.57 bits per heavy atom. The summed E-state index contributed by atoms with van der Waals surface area (Å²) in [6, 6.07) is 4.36. The van der Waals surface area contributed by atoms with Gasteiger partial charge in [0.2, 0.25) is 0 Å². The van der Waals surface area contributed by atoms with Crippen molar-refractivity contribution in [3.63, 3.8) is 0 Å². The summed E-state index contributed by atoms with van der Waals surface area (Å²) in [6.45, 7) is 1.62. The maximum Gasteiger partial charge on any atom is 0.275 e. The Balaban J connectivity index is 2.19. The highest BCUT2D eigenvalue weighted by Gasteiger charge is 2.19. The first kappa shape index (κ1) is 15.2. The van der Waals surface area contributed by atoms with Gasteiger partial charge in [-0.1, -0.05) is 29.0 Å². The summed E-state index contributed by atoms with van der Waals surface area (Å²) >= 11 is 7.01. The van der Waals surface area contributed by atoms with Crippen LogP contribution in [-0.2, 0) is 6.54 Å². The lowest BCUT2D eigenvalue weighted by Crippen LogP contribution is -2.23. The Bertz CT molecular complexity index is 717. The second-order valence-electron chi connectivity index (χ2n) is 4.14. The van der Waals surface area contributed by atoms with Crippen molar-refractivity contribution >= 4 is 39.7 Å². The molecule has 1 aromatic heterocycles. The molecule has 1 aromatic carbocycles. The molecule has 0 fully saturated rings. The second kappa shape index (κ2) is 6.06. The third-order valence-electron chi connectivity index (χ3n) is 2.74. The third kappa shape index (κ3) is 3.29. The predicted octanol–water partition coefficient (Wildman–Crippen LogP) is 2.53. The van der Waals surface area contributed by atoms with E-state index in [0.717, 1.165) is 11.3 Å². The molecule has 0 bridgehead atoms. The van der Waals surface area contributed by atoms with E-state index >= 15 is 0 Å². The zero-order valence-corrected chi connectivity index (χ0v) is 12.5. The van der Waals surface area contributed by atoms with Crippen molar-refractivity contribution in [2.24, 2.45) is 0 Å². The number of hydrogen-bond acceptors (Lipinski definition) is 6. The maximum absolute atomic E-state index is 12.0. The molecule has 2 rings (SSSR count). The van der Waals surface area contributed by atoms with Crippen LogP contribution in [0, 0.1) is 17.0 Å². The highest BCUT2D eigenvalue weighted by atomic mass is 35.5. The number of amides is 1. The Hall–Kier alpha value is -2.19. The molecule has 9 heteroatoms. The number of nitro groups is 1. The van der Waals surface area contributed by atoms with Gasteiger partial charge in [0.1, 0.15) is 4.88 Å². The number of nitro benzene ring substituents is 1. The fraction of sp³-hybridized carbons (Fsp3) is 0.167. The molecule has 0 atom stereocenters. The van der Waals surface area contributed by atoms with Gasteiger partial charge in [-0.3, -0.25) is 14.9 Å². The molecule has 0 unspecified atom stereocenters. The Labute approximate surface area is 128 Å². The van der Waals surface area contributed by atoms with Crippen LogP contribution in [0.25, 0.3) is 0 Å². The first-order chi connectivity index (χ1) is 9.90. The number of rotatable bonds is 4. The van der Waals surface area contributed by atoms with Crippen molar-refractivity contribution in [1.82, 2.24) is 10.3 Å². The summed E-state index contributed by atoms with van der Waals surface area (Å²) in [4.78, 5) is 26.8. The number of anilines is 1. The summed E-state index contributed by atoms with van der Waals surface area (Å²) < 4.78 is 0. The Morgan fingerprint density at radius 2 is 2.29 bits per heavy atom. The number of aromatic nitrogens is 1. The zero-order chi connectivity index (χ0) is 15.6. The van der Waals surface area contributed by atoms with Gasteiger partial charge in [-0.25, -0.2) is 4.98 Å². The van der Waals surface area contributed by atoms with Crippen LogP contribution in [0.15, 0.2) is 18.2 Å². The number of aryl methyl sites for hydroxylation is 1. The van der Waals surface area contributed by atoms with Crippen LogP contribution in [-0.4, -0.2) is 15.8 Å². The minimum absolute atomic E-state index is 0.0495. The molecule has 3 N–H and O–H groups in total. The normalized spacial score (nSPS) is 10.4. The molecule has 0 saturated carbocycles. The van der Waals surface area contributed by atoms with Gasteiger partial charge in [0.05, 0.1) is 27.7 Å². The van der Waals surface area contributed by atoms with E-state index in [1.165, 1.54) is 18.2 Å². The summed E-state index contributed by atoms with van der Waals surface area (Å²) in [6.07, 6.45) is 0. The van der Waals surface area contributed by atoms with Gasteiger partial charge in [0.15, 0.2) is 5.13 Å². The van der Waals surface area contributed by atoms with Gasteiger partial charge in [-0.05, 0) is 13.0 Å². The van der Waals surface area contributed by atoms with Crippen LogP contribution in [0.4, 0.5) is 10.8 Å². The highest BCUT2D eigenvalue weighted by molar-refractivity contribution is 7.17. The number of carbonyl (C=O) groups excluding carboxylic acids is 1. The van der Waals surface area contributed by atoms with E-state index in [1.807, 2.05) is 0 Å². The van der Waals surface area contributed by atoms with E-state index in [0.29, 0.717) is 15.7 Å². The van der Waals surface area contributed by atoms with E-state index in [-0.39, 0.29) is 22.8 Å². The Kier molecular flexibility index (Phi) is 4.39. The average Bonchev–Trinajstić information content (AvgIpc) is 2.75. The lowest BCUT2D eigenvalue weighted by Gasteiger charge is -2.07. The summed E-state index contributed by atoms with van der Waals surface area (Å²) in [7, 11) is 0. The fourth-order valence-electron chi connectivity index (χ4n) is 1.77. The fourth-order valence-corrected chi connectivity index (χ4v) is 2.76. The molecule has 7 nitrogen and oxygen atoms in total. The molecule has 0 aliphatic rings. The quantitative estimate of drug-likeness (QED) is 0.662. The lowest BCUT2D eigenvalue weighted by atomic mass is 10.2. The van der Waals surface area contributed by atoms with Crippen molar-refractivity contribution in [2.75, 3.05) is 5.73 Å². The van der Waals surface area contributed by atoms with Crippen LogP contribution >= 0.6 is 22.9 Å². The number of nitrogens with two attached hydrogens (primary N) is 1. The monoisotopic (exact) mass is 326 g/mol. The van der Waals surface area contributed by atoms with Crippen molar-refractivity contribution < 1.29 is 9.72 Å². The SMILES string of the molecule is Cc1nc(N)sc1C(=O)NCc1c(Cl)cccc1[N+](=O)[O-]. The average molecular weight is 327 g/mol. The molecular weight excluding hydrogens is 316 g/mol. The summed E-state index contributed by atoms with van der Waals surface area (Å²) in [5, 5.41) is 14.1. The number of nitrogens with zero attached hydrogens (tertiary/aromatic N) is 2. The number of nitrogen functional groups attached to an aromatic ring is 1. The maximum atomic E-state index is 12.0. The molecular formula is C12H11ClN4O3S. The van der Waals surface area contributed by atoms with E-state index < -0.39 is 10.8 Å². The van der Waals surface area contributed by atoms with Gasteiger partial charge in [-0.2, -0.15) is 0 Å². The van der Waals surface area contributed by atoms with Crippen LogP contribution in [0.1, 0.15) is 20.9 Å². The molecule has 21 heavy (non-hydrogen) atoms. The second-order valence-corrected chi connectivity index (χ2v) is 5.58. The molecule has 110 valence electrons. The van der Waals surface area contributed by atoms with Gasteiger partial charge >= 0.3 is 0 Å². The standard InChI is InChI=1S/C12H11ClN4O3S/c1-6-10(21-12(14)16-6)11(18)15-5-7-8(13)3-2-4-9(7)17(19)20/h2-4H,5H2,1H3,(H2,14,16)(H,15,18). The van der Waals surface area contributed by atoms with Crippen molar-refractivity contribution in [3.8, 4) is 0 Å². The van der Waals surface area contributed by atoms with Gasteiger partial charge in [0.25, 0.3) is 11.6 Å². The Morgan fingerprint density at radius 3 is 2.86 bits per heavy atom. The number of thiazole rings is 1. The van der Waals surface area contributed by atoms with Crippen molar-refractivity contribution in [1.29, 1.82) is 0 Å². The topological polar surface area (TPSA) is 111 Å². The third-order valence-corrected chi connectivity index (χ3v) is 4.08. The lowest BCUT2D eigenvalue weighted by molar-refractivity contribution is -0.385. The minimum atomic E-state index is -0.538. The molecule has 2 aromatic rings. The minimum Gasteiger partial charge on any atom is -0.375 e. The number of hydrogen-bond donors (Lipinski definition) is 2. The molecule has 0 aliphatic carbocycles. The summed E-state index contributed by atoms with van der Waals surface area (Å²) in [5.41, 5.74) is 6.17. The first-order valence-corrected chi connectivity index (χ1v) is 7.02. The highest BCUT2D eigenvalue weighted by Crippen LogP contribution is 2.26. The van der Waals surface area contributed by atoms with E-state index in [4.69, 9.17) is 17.3 Å². The van der Waals surface area contributed by atoms with Gasteiger partial charge in [-0.15, -0.1) is 0 Å². The van der Waals surface area contributed by atoms with Crippen LogP contribution < -0.4 is 11.1 Å². The van der Waals surface area contributed by atoms with Crippen molar-refractivity contribution in [2.45, 2.75) is 13.5 Å². The van der Waals surface area contributed by atoms with Crippen LogP contribution in [0.5, 0.6) is 0 Å². The van der Waals surface area contributed by atoms with Gasteiger partial charge in [0, 0.05) is 6.07 Å². The van der Waals surface area contributed by atoms with Crippen molar-refractivity contribution in [3.05, 3.63) is 49.5 Å². The smallest absolute Gasteiger partial charge is 0.275 e. The van der Waals surface area contributed by atoms with E-state index in [9.17, 15) is 14.9 Å². The number of carbonyl (C=O) groups is 1. The van der Waals surface area contributed by atoms with Crippen LogP contribution in [0.2, 0.25) is 5.02 Å². The molecule has 0 spiro atoms. The molecule has 0 aliphatic heterocycles. The molecule has 0 radical (unpaired) electrons. The van der Waals surface area contributed by atoms with Gasteiger partial charge < -0.3 is 11.1 Å². The molecule has 0 saturated heterocycles. The summed E-state index contributed by atoms with van der Waals surface area (Å²) in [5.74, 6) is -0.393. The zero-order valence-electron chi connectivity index (χ0n) is 10.9. The predicted molar refractivity (Wildman–Crippen MR) is 80.5 cm³/mol.